The van der Waals surface area contributed by atoms with Crippen molar-refractivity contribution in [2.75, 3.05) is 6.67 Å². The molecule has 0 heterocycles. The Morgan fingerprint density at radius 3 is 2.57 bits per heavy atom. The molecule has 1 rings (SSSR count). The van der Waals surface area contributed by atoms with Gasteiger partial charge in [0.1, 0.15) is 0 Å². The first-order chi connectivity index (χ1) is 6.15. The van der Waals surface area contributed by atoms with E-state index in [0.717, 1.165) is 11.1 Å². The molecule has 0 aliphatic heterocycles. The minimum atomic E-state index is -0.353. The number of benzene rings is 1. The maximum Gasteiger partial charge on any atom is 0.0912 e. The van der Waals surface area contributed by atoms with Crippen LogP contribution in [0.1, 0.15) is 29.2 Å². The van der Waals surface area contributed by atoms with Crippen molar-refractivity contribution in [3.05, 3.63) is 34.9 Å². The second kappa shape index (κ2) is 5.99. The Labute approximate surface area is 90.9 Å². The molecule has 1 nitrogen and oxygen atoms in total. The van der Waals surface area contributed by atoms with Crippen LogP contribution >= 0.6 is 12.4 Å². The molecule has 2 N–H and O–H groups in total. The zero-order valence-electron chi connectivity index (χ0n) is 8.59. The number of aryl methyl sites for hydroxylation is 2. The smallest absolute Gasteiger partial charge is 0.0912 e. The molecule has 3 heteroatoms. The summed E-state index contributed by atoms with van der Waals surface area (Å²) in [6, 6.07) is 5.95. The van der Waals surface area contributed by atoms with E-state index in [-0.39, 0.29) is 25.1 Å². The molecular weight excluding hydrogens is 201 g/mol. The van der Waals surface area contributed by atoms with E-state index in [0.29, 0.717) is 6.42 Å². The highest BCUT2D eigenvalue weighted by molar-refractivity contribution is 5.85. The molecule has 1 atom stereocenters. The van der Waals surface area contributed by atoms with Crippen LogP contribution in [0.4, 0.5) is 4.39 Å². The van der Waals surface area contributed by atoms with Crippen molar-refractivity contribution in [1.82, 2.24) is 0 Å². The summed E-state index contributed by atoms with van der Waals surface area (Å²) in [5.41, 5.74) is 9.22. The van der Waals surface area contributed by atoms with Gasteiger partial charge in [-0.25, -0.2) is 0 Å². The van der Waals surface area contributed by atoms with Crippen LogP contribution in [-0.4, -0.2) is 6.67 Å². The average Bonchev–Trinajstić information content (AvgIpc) is 2.09. The summed E-state index contributed by atoms with van der Waals surface area (Å²) in [6.45, 7) is 3.67. The maximum absolute atomic E-state index is 12.1. The van der Waals surface area contributed by atoms with E-state index in [4.69, 9.17) is 5.73 Å². The molecule has 0 amide bonds. The van der Waals surface area contributed by atoms with Gasteiger partial charge in [-0.05, 0) is 31.4 Å². The summed E-state index contributed by atoms with van der Waals surface area (Å²) >= 11 is 0. The third-order valence-electron chi connectivity index (χ3n) is 2.25. The van der Waals surface area contributed by atoms with Crippen molar-refractivity contribution in [3.63, 3.8) is 0 Å². The molecule has 14 heavy (non-hydrogen) atoms. The molecule has 0 saturated heterocycles. The number of halogens is 2. The Hall–Kier alpha value is -0.600. The third-order valence-corrected chi connectivity index (χ3v) is 2.25. The van der Waals surface area contributed by atoms with Crippen LogP contribution in [0.3, 0.4) is 0 Å². The number of alkyl halides is 1. The highest BCUT2D eigenvalue weighted by atomic mass is 35.5. The van der Waals surface area contributed by atoms with Crippen molar-refractivity contribution in [2.24, 2.45) is 5.73 Å². The van der Waals surface area contributed by atoms with Crippen LogP contribution in [0.2, 0.25) is 0 Å². The van der Waals surface area contributed by atoms with Crippen molar-refractivity contribution >= 4 is 12.4 Å². The van der Waals surface area contributed by atoms with Gasteiger partial charge in [0.05, 0.1) is 6.67 Å². The SMILES string of the molecule is Cc1ccc(C)c([C@@H](N)CCF)c1.Cl. The normalized spacial score (nSPS) is 12.0. The van der Waals surface area contributed by atoms with Gasteiger partial charge in [-0.3, -0.25) is 4.39 Å². The second-order valence-electron chi connectivity index (χ2n) is 3.44. The fourth-order valence-electron chi connectivity index (χ4n) is 1.43. The lowest BCUT2D eigenvalue weighted by atomic mass is 9.98. The average molecular weight is 218 g/mol. The molecule has 0 bridgehead atoms. The predicted molar refractivity (Wildman–Crippen MR) is 60.7 cm³/mol. The van der Waals surface area contributed by atoms with Crippen LogP contribution in [0, 0.1) is 13.8 Å². The molecule has 0 aliphatic carbocycles. The molecule has 1 aromatic rings. The summed E-state index contributed by atoms with van der Waals surface area (Å²) in [7, 11) is 0. The van der Waals surface area contributed by atoms with Crippen LogP contribution in [0.25, 0.3) is 0 Å². The van der Waals surface area contributed by atoms with Gasteiger partial charge < -0.3 is 5.73 Å². The Balaban J connectivity index is 0.00000169. The first kappa shape index (κ1) is 13.4. The van der Waals surface area contributed by atoms with E-state index >= 15 is 0 Å². The number of hydrogen-bond donors (Lipinski definition) is 1. The van der Waals surface area contributed by atoms with Crippen molar-refractivity contribution in [2.45, 2.75) is 26.3 Å². The number of nitrogens with two attached hydrogens (primary N) is 1. The van der Waals surface area contributed by atoms with Crippen LogP contribution in [0.5, 0.6) is 0 Å². The minimum Gasteiger partial charge on any atom is -0.324 e. The molecular formula is C11H17ClFN. The van der Waals surface area contributed by atoms with Crippen molar-refractivity contribution in [3.8, 4) is 0 Å². The van der Waals surface area contributed by atoms with Crippen LogP contribution in [-0.2, 0) is 0 Å². The Bertz CT molecular complexity index is 289. The molecule has 0 radical (unpaired) electrons. The first-order valence-electron chi connectivity index (χ1n) is 4.54. The van der Waals surface area contributed by atoms with E-state index in [1.165, 1.54) is 5.56 Å². The summed E-state index contributed by atoms with van der Waals surface area (Å²) in [4.78, 5) is 0. The van der Waals surface area contributed by atoms with Gasteiger partial charge in [0.15, 0.2) is 0 Å². The third kappa shape index (κ3) is 3.28. The lowest BCUT2D eigenvalue weighted by Crippen LogP contribution is -2.12. The second-order valence-corrected chi connectivity index (χ2v) is 3.44. The first-order valence-corrected chi connectivity index (χ1v) is 4.54. The molecule has 0 unspecified atom stereocenters. The lowest BCUT2D eigenvalue weighted by Gasteiger charge is -2.13. The zero-order chi connectivity index (χ0) is 9.84. The van der Waals surface area contributed by atoms with Gasteiger partial charge in [-0.15, -0.1) is 12.4 Å². The topological polar surface area (TPSA) is 26.0 Å². The molecule has 0 spiro atoms. The monoisotopic (exact) mass is 217 g/mol. The van der Waals surface area contributed by atoms with Crippen molar-refractivity contribution < 1.29 is 4.39 Å². The molecule has 80 valence electrons. The lowest BCUT2D eigenvalue weighted by molar-refractivity contribution is 0.441. The fourth-order valence-corrected chi connectivity index (χ4v) is 1.43. The zero-order valence-corrected chi connectivity index (χ0v) is 9.40. The summed E-state index contributed by atoms with van der Waals surface area (Å²) in [5.74, 6) is 0. The summed E-state index contributed by atoms with van der Waals surface area (Å²) in [5, 5.41) is 0. The Kier molecular flexibility index (Phi) is 5.73. The van der Waals surface area contributed by atoms with Crippen LogP contribution in [0.15, 0.2) is 18.2 Å². The van der Waals surface area contributed by atoms with E-state index in [1.54, 1.807) is 0 Å². The van der Waals surface area contributed by atoms with E-state index in [9.17, 15) is 4.39 Å². The molecule has 0 aromatic heterocycles. The molecule has 1 aromatic carbocycles. The van der Waals surface area contributed by atoms with Gasteiger partial charge in [-0.1, -0.05) is 23.8 Å². The maximum atomic E-state index is 12.1. The summed E-state index contributed by atoms with van der Waals surface area (Å²) in [6.07, 6.45) is 0.407. The van der Waals surface area contributed by atoms with Gasteiger partial charge in [0.2, 0.25) is 0 Å². The highest BCUT2D eigenvalue weighted by Gasteiger charge is 2.08. The minimum absolute atomic E-state index is 0. The highest BCUT2D eigenvalue weighted by Crippen LogP contribution is 2.19. The number of hydrogen-bond acceptors (Lipinski definition) is 1. The summed E-state index contributed by atoms with van der Waals surface area (Å²) < 4.78 is 12.1. The molecule has 0 aliphatic rings. The number of rotatable bonds is 3. The quantitative estimate of drug-likeness (QED) is 0.828. The molecule has 0 saturated carbocycles. The van der Waals surface area contributed by atoms with E-state index in [1.807, 2.05) is 32.0 Å². The van der Waals surface area contributed by atoms with Gasteiger partial charge in [-0.2, -0.15) is 0 Å². The standard InChI is InChI=1S/C11H16FN.ClH/c1-8-3-4-9(2)10(7-8)11(13)5-6-12;/h3-4,7,11H,5-6,13H2,1-2H3;1H/t11-;/m0./s1. The molecule has 0 fully saturated rings. The largest absolute Gasteiger partial charge is 0.324 e. The Morgan fingerprint density at radius 1 is 1.36 bits per heavy atom. The van der Waals surface area contributed by atoms with Gasteiger partial charge in [0.25, 0.3) is 0 Å². The fraction of sp³-hybridized carbons (Fsp3) is 0.455. The van der Waals surface area contributed by atoms with Gasteiger partial charge in [0, 0.05) is 6.04 Å². The van der Waals surface area contributed by atoms with Crippen LogP contribution < -0.4 is 5.73 Å². The predicted octanol–water partition coefficient (Wildman–Crippen LogP) is 3.08. The van der Waals surface area contributed by atoms with Gasteiger partial charge >= 0.3 is 0 Å². The van der Waals surface area contributed by atoms with E-state index < -0.39 is 0 Å². The van der Waals surface area contributed by atoms with Crippen molar-refractivity contribution in [1.29, 1.82) is 0 Å². The Morgan fingerprint density at radius 2 is 2.00 bits per heavy atom. The van der Waals surface area contributed by atoms with E-state index in [2.05, 4.69) is 0 Å².